The van der Waals surface area contributed by atoms with E-state index >= 15 is 0 Å². The van der Waals surface area contributed by atoms with Gasteiger partial charge in [0.25, 0.3) is 5.91 Å². The molecule has 1 amide bonds. The molecule has 0 fully saturated rings. The molecule has 0 aromatic heterocycles. The Morgan fingerprint density at radius 3 is 2.35 bits per heavy atom. The van der Waals surface area contributed by atoms with E-state index in [-0.39, 0.29) is 0 Å². The zero-order valence-corrected chi connectivity index (χ0v) is 9.25. The van der Waals surface area contributed by atoms with Crippen LogP contribution in [0.3, 0.4) is 0 Å². The van der Waals surface area contributed by atoms with Gasteiger partial charge in [-0.2, -0.15) is 10.2 Å². The molecule has 0 saturated heterocycles. The van der Waals surface area contributed by atoms with Crippen LogP contribution in [-0.4, -0.2) is 24.9 Å². The number of benzene rings is 1. The molecule has 7 heteroatoms. The molecule has 1 aromatic rings. The first-order valence-electron chi connectivity index (χ1n) is 4.72. The summed E-state index contributed by atoms with van der Waals surface area (Å²) < 4.78 is 4.97. The zero-order valence-electron chi connectivity index (χ0n) is 9.25. The van der Waals surface area contributed by atoms with Gasteiger partial charge in [0.2, 0.25) is 6.04 Å². The standard InChI is InChI=1S/C10H13N5O2/c1-17-7-4-2-6(3-5-7)14-15-8(9(11)12)10(13)16/h2-5,8H,1H3,(H3,11,12)(H2,13,16)/t8-/m0/s1. The lowest BCUT2D eigenvalue weighted by molar-refractivity contribution is -0.117. The summed E-state index contributed by atoms with van der Waals surface area (Å²) in [5.74, 6) is -0.563. The molecule has 1 aromatic carbocycles. The SMILES string of the molecule is COc1ccc(N=N[C@@H](C(=N)N)C(N)=O)cc1. The molecule has 0 spiro atoms. The summed E-state index contributed by atoms with van der Waals surface area (Å²) in [6, 6.07) is 5.47. The minimum Gasteiger partial charge on any atom is -0.497 e. The molecule has 0 radical (unpaired) electrons. The number of hydrogen-bond donors (Lipinski definition) is 3. The van der Waals surface area contributed by atoms with E-state index in [4.69, 9.17) is 21.6 Å². The fourth-order valence-corrected chi connectivity index (χ4v) is 1.05. The first-order valence-corrected chi connectivity index (χ1v) is 4.72. The maximum atomic E-state index is 10.9. The average molecular weight is 235 g/mol. The van der Waals surface area contributed by atoms with Crippen molar-refractivity contribution in [1.82, 2.24) is 0 Å². The van der Waals surface area contributed by atoms with E-state index in [2.05, 4.69) is 10.2 Å². The lowest BCUT2D eigenvalue weighted by Gasteiger charge is -2.03. The van der Waals surface area contributed by atoms with E-state index in [0.29, 0.717) is 11.4 Å². The Hall–Kier alpha value is -2.44. The van der Waals surface area contributed by atoms with Crippen LogP contribution in [0, 0.1) is 5.41 Å². The maximum Gasteiger partial charge on any atom is 0.251 e. The third kappa shape index (κ3) is 3.56. The van der Waals surface area contributed by atoms with Crippen molar-refractivity contribution in [2.45, 2.75) is 6.04 Å². The van der Waals surface area contributed by atoms with Crippen molar-refractivity contribution in [2.24, 2.45) is 21.7 Å². The van der Waals surface area contributed by atoms with Crippen LogP contribution in [0.25, 0.3) is 0 Å². The van der Waals surface area contributed by atoms with Crippen molar-refractivity contribution < 1.29 is 9.53 Å². The third-order valence-corrected chi connectivity index (χ3v) is 1.93. The van der Waals surface area contributed by atoms with Gasteiger partial charge in [-0.25, -0.2) is 0 Å². The average Bonchev–Trinajstić information content (AvgIpc) is 2.29. The largest absolute Gasteiger partial charge is 0.497 e. The molecule has 5 N–H and O–H groups in total. The van der Waals surface area contributed by atoms with E-state index < -0.39 is 17.8 Å². The minimum atomic E-state index is -1.22. The molecule has 0 unspecified atom stereocenters. The van der Waals surface area contributed by atoms with Crippen LogP contribution in [0.5, 0.6) is 5.75 Å². The van der Waals surface area contributed by atoms with Gasteiger partial charge >= 0.3 is 0 Å². The number of hydrogen-bond acceptors (Lipinski definition) is 5. The highest BCUT2D eigenvalue weighted by atomic mass is 16.5. The monoisotopic (exact) mass is 235 g/mol. The first kappa shape index (κ1) is 12.6. The minimum absolute atomic E-state index is 0.435. The summed E-state index contributed by atoms with van der Waals surface area (Å²) in [4.78, 5) is 10.9. The molecule has 90 valence electrons. The van der Waals surface area contributed by atoms with E-state index in [0.717, 1.165) is 0 Å². The van der Waals surface area contributed by atoms with Gasteiger partial charge in [-0.05, 0) is 24.3 Å². The lowest BCUT2D eigenvalue weighted by Crippen LogP contribution is -2.38. The molecule has 1 atom stereocenters. The summed E-state index contributed by atoms with van der Waals surface area (Å²) in [6.45, 7) is 0. The Morgan fingerprint density at radius 1 is 1.35 bits per heavy atom. The van der Waals surface area contributed by atoms with Crippen molar-refractivity contribution in [3.05, 3.63) is 24.3 Å². The van der Waals surface area contributed by atoms with Crippen LogP contribution >= 0.6 is 0 Å². The van der Waals surface area contributed by atoms with Gasteiger partial charge in [0.1, 0.15) is 11.6 Å². The van der Waals surface area contributed by atoms with Crippen molar-refractivity contribution in [3.63, 3.8) is 0 Å². The Morgan fingerprint density at radius 2 is 1.94 bits per heavy atom. The molecule has 1 rings (SSSR count). The number of carbonyl (C=O) groups is 1. The van der Waals surface area contributed by atoms with E-state index in [1.54, 1.807) is 31.4 Å². The summed E-state index contributed by atoms with van der Waals surface area (Å²) in [5, 5.41) is 14.5. The predicted molar refractivity (Wildman–Crippen MR) is 62.4 cm³/mol. The Labute approximate surface area is 98.0 Å². The Bertz CT molecular complexity index is 427. The fourth-order valence-electron chi connectivity index (χ4n) is 1.05. The highest BCUT2D eigenvalue weighted by Gasteiger charge is 2.17. The van der Waals surface area contributed by atoms with Crippen LogP contribution in [0.2, 0.25) is 0 Å². The number of nitrogens with one attached hydrogen (secondary N) is 1. The summed E-state index contributed by atoms with van der Waals surface area (Å²) in [5.41, 5.74) is 10.7. The van der Waals surface area contributed by atoms with Gasteiger partial charge in [0.05, 0.1) is 12.8 Å². The highest BCUT2D eigenvalue weighted by molar-refractivity contribution is 6.04. The van der Waals surface area contributed by atoms with Gasteiger partial charge in [-0.3, -0.25) is 10.2 Å². The predicted octanol–water partition coefficient (Wildman–Crippen LogP) is 0.569. The number of azo groups is 1. The maximum absolute atomic E-state index is 10.9. The molecular weight excluding hydrogens is 222 g/mol. The van der Waals surface area contributed by atoms with Gasteiger partial charge in [-0.1, -0.05) is 0 Å². The van der Waals surface area contributed by atoms with Crippen molar-refractivity contribution in [1.29, 1.82) is 5.41 Å². The second-order valence-electron chi connectivity index (χ2n) is 3.17. The normalized spacial score (nSPS) is 12.3. The molecule has 7 nitrogen and oxygen atoms in total. The molecule has 17 heavy (non-hydrogen) atoms. The number of nitrogens with two attached hydrogens (primary N) is 2. The molecule has 0 saturated carbocycles. The summed E-state index contributed by atoms with van der Waals surface area (Å²) in [7, 11) is 1.55. The number of ether oxygens (including phenoxy) is 1. The Balaban J connectivity index is 2.81. The van der Waals surface area contributed by atoms with E-state index in [1.807, 2.05) is 0 Å². The van der Waals surface area contributed by atoms with Crippen molar-refractivity contribution in [3.8, 4) is 5.75 Å². The van der Waals surface area contributed by atoms with Gasteiger partial charge in [0, 0.05) is 0 Å². The van der Waals surface area contributed by atoms with Crippen LogP contribution in [0.15, 0.2) is 34.5 Å². The smallest absolute Gasteiger partial charge is 0.251 e. The lowest BCUT2D eigenvalue weighted by atomic mass is 10.3. The van der Waals surface area contributed by atoms with Crippen molar-refractivity contribution >= 4 is 17.4 Å². The molecule has 0 aliphatic heterocycles. The number of primary amides is 1. The zero-order chi connectivity index (χ0) is 12.8. The second-order valence-corrected chi connectivity index (χ2v) is 3.17. The number of amides is 1. The molecule has 0 bridgehead atoms. The van der Waals surface area contributed by atoms with Gasteiger partial charge in [-0.15, -0.1) is 0 Å². The van der Waals surface area contributed by atoms with Crippen LogP contribution in [-0.2, 0) is 4.79 Å². The third-order valence-electron chi connectivity index (χ3n) is 1.93. The number of amidine groups is 1. The van der Waals surface area contributed by atoms with Crippen LogP contribution in [0.1, 0.15) is 0 Å². The number of rotatable bonds is 5. The van der Waals surface area contributed by atoms with Gasteiger partial charge in [0.15, 0.2) is 0 Å². The van der Waals surface area contributed by atoms with E-state index in [1.165, 1.54) is 0 Å². The first-order chi connectivity index (χ1) is 8.04. The second kappa shape index (κ2) is 5.59. The van der Waals surface area contributed by atoms with Gasteiger partial charge < -0.3 is 16.2 Å². The number of nitrogens with zero attached hydrogens (tertiary/aromatic N) is 2. The Kier molecular flexibility index (Phi) is 4.15. The molecule has 0 aliphatic rings. The number of methoxy groups -OCH3 is 1. The highest BCUT2D eigenvalue weighted by Crippen LogP contribution is 2.18. The van der Waals surface area contributed by atoms with Crippen molar-refractivity contribution in [2.75, 3.05) is 7.11 Å². The van der Waals surface area contributed by atoms with E-state index in [9.17, 15) is 4.79 Å². The fraction of sp³-hybridized carbons (Fsp3) is 0.200. The molecular formula is C10H13N5O2. The van der Waals surface area contributed by atoms with Crippen LogP contribution < -0.4 is 16.2 Å². The van der Waals surface area contributed by atoms with Crippen LogP contribution in [0.4, 0.5) is 5.69 Å². The number of carbonyl (C=O) groups excluding carboxylic acids is 1. The summed E-state index contributed by atoms with van der Waals surface area (Å²) >= 11 is 0. The quantitative estimate of drug-likeness (QED) is 0.392. The molecule has 0 aliphatic carbocycles. The molecule has 0 heterocycles. The topological polar surface area (TPSA) is 127 Å². The summed E-state index contributed by atoms with van der Waals surface area (Å²) in [6.07, 6.45) is 0.